The van der Waals surface area contributed by atoms with Gasteiger partial charge in [-0.25, -0.2) is 0 Å². The quantitative estimate of drug-likeness (QED) is 0.0660. The molecule has 0 saturated heterocycles. The van der Waals surface area contributed by atoms with Crippen molar-refractivity contribution in [3.8, 4) is 0 Å². The van der Waals surface area contributed by atoms with E-state index in [1.807, 2.05) is 44.2 Å². The molecule has 0 aliphatic heterocycles. The number of fused-ring (bicyclic) bond motifs is 3. The molecule has 48 heavy (non-hydrogen) atoms. The number of halogens is 3. The summed E-state index contributed by atoms with van der Waals surface area (Å²) in [5.74, 6) is -2.15. The predicted octanol–water partition coefficient (Wildman–Crippen LogP) is 7.21. The number of aromatic amines is 3. The lowest BCUT2D eigenvalue weighted by atomic mass is 10.0. The molecule has 2 unspecified atom stereocenters. The summed E-state index contributed by atoms with van der Waals surface area (Å²) in [4.78, 5) is 41.4. The van der Waals surface area contributed by atoms with Crippen LogP contribution in [-0.4, -0.2) is 54.1 Å². The molecule has 0 fully saturated rings. The summed E-state index contributed by atoms with van der Waals surface area (Å²) in [6, 6.07) is 14.2. The number of benzene rings is 3. The van der Waals surface area contributed by atoms with Crippen LogP contribution in [0.3, 0.4) is 0 Å². The van der Waals surface area contributed by atoms with Gasteiger partial charge in [-0.1, -0.05) is 46.9 Å². The highest BCUT2D eigenvalue weighted by Crippen LogP contribution is 2.35. The largest absolute Gasteiger partial charge is 0.480 e. The molecular formula is C33H33Cl3N6O6. The van der Waals surface area contributed by atoms with Gasteiger partial charge in [0.2, 0.25) is 0 Å². The van der Waals surface area contributed by atoms with Crippen LogP contribution >= 0.6 is 34.8 Å². The Labute approximate surface area is 289 Å². The van der Waals surface area contributed by atoms with E-state index in [0.29, 0.717) is 26.7 Å². The third-order valence-corrected chi connectivity index (χ3v) is 8.67. The molecule has 0 amide bonds. The van der Waals surface area contributed by atoms with Gasteiger partial charge < -0.3 is 36.6 Å². The first-order chi connectivity index (χ1) is 22.6. The number of carboxylic acid groups (broad SMARTS) is 2. The van der Waals surface area contributed by atoms with E-state index in [1.165, 1.54) is 12.1 Å². The number of hydrogen-bond donors (Lipinski definition) is 7. The normalized spacial score (nSPS) is 12.2. The maximum atomic E-state index is 11.0. The molecule has 0 saturated carbocycles. The van der Waals surface area contributed by atoms with E-state index in [4.69, 9.17) is 56.5 Å². The highest BCUT2D eigenvalue weighted by atomic mass is 35.5. The van der Waals surface area contributed by atoms with E-state index >= 15 is 0 Å². The predicted molar refractivity (Wildman–Crippen MR) is 189 cm³/mol. The van der Waals surface area contributed by atoms with E-state index in [2.05, 4.69) is 21.0 Å². The Balaban J connectivity index is 0.000000169. The first-order valence-corrected chi connectivity index (χ1v) is 15.6. The number of carboxylic acids is 2. The zero-order chi connectivity index (χ0) is 35.4. The standard InChI is InChI=1S/C12H12ClN3O4.C12H13ClN2O2.C9H8ClN/c1-5-6(4-8(14)12(17)18)10-7(13)2-3-9(16(19)20)11(10)15-5;1-6-7(5-9(14)12(16)17)11-8(13)3-2-4-10(11)15-6;1-6-5-7-8(10)3-2-4-9(7)11-6/h2-3,8,15H,4,14H2,1H3,(H,17,18);2-4,9,15H,5,14H2,1H3,(H,16,17);2-5,11H,1H3. The number of H-pyrrole nitrogens is 3. The average molecular weight is 716 g/mol. The fourth-order valence-electron chi connectivity index (χ4n) is 5.37. The van der Waals surface area contributed by atoms with Crippen LogP contribution < -0.4 is 11.5 Å². The summed E-state index contributed by atoms with van der Waals surface area (Å²) in [5.41, 5.74) is 17.4. The highest BCUT2D eigenvalue weighted by Gasteiger charge is 2.23. The number of aryl methyl sites for hydroxylation is 3. The average Bonchev–Trinajstić information content (AvgIpc) is 3.67. The molecule has 15 heteroatoms. The molecule has 0 aliphatic rings. The van der Waals surface area contributed by atoms with Crippen molar-refractivity contribution in [1.82, 2.24) is 15.0 Å². The van der Waals surface area contributed by atoms with Gasteiger partial charge in [0.25, 0.3) is 5.69 Å². The molecular weight excluding hydrogens is 683 g/mol. The molecule has 3 heterocycles. The van der Waals surface area contributed by atoms with Crippen LogP contribution in [0.4, 0.5) is 5.69 Å². The van der Waals surface area contributed by atoms with Crippen LogP contribution in [0.1, 0.15) is 28.2 Å². The summed E-state index contributed by atoms with van der Waals surface area (Å²) in [7, 11) is 0. The number of nitrogens with two attached hydrogens (primary N) is 2. The summed E-state index contributed by atoms with van der Waals surface area (Å²) in [6.45, 7) is 5.61. The summed E-state index contributed by atoms with van der Waals surface area (Å²) >= 11 is 18.2. The van der Waals surface area contributed by atoms with E-state index in [-0.39, 0.29) is 24.0 Å². The smallest absolute Gasteiger partial charge is 0.320 e. The van der Waals surface area contributed by atoms with Crippen LogP contribution in [0, 0.1) is 30.9 Å². The Morgan fingerprint density at radius 1 is 0.771 bits per heavy atom. The molecule has 9 N–H and O–H groups in total. The van der Waals surface area contributed by atoms with Gasteiger partial charge in [0.1, 0.15) is 17.6 Å². The minimum atomic E-state index is -1.14. The lowest BCUT2D eigenvalue weighted by Gasteiger charge is -2.07. The van der Waals surface area contributed by atoms with E-state index in [9.17, 15) is 19.7 Å². The van der Waals surface area contributed by atoms with Gasteiger partial charge in [0.05, 0.1) is 15.0 Å². The Morgan fingerprint density at radius 3 is 1.85 bits per heavy atom. The third-order valence-electron chi connectivity index (χ3n) is 7.71. The number of nitrogens with one attached hydrogen (secondary N) is 3. The number of hydrogen-bond acceptors (Lipinski definition) is 6. The van der Waals surface area contributed by atoms with Crippen molar-refractivity contribution in [2.75, 3.05) is 0 Å². The molecule has 3 aromatic heterocycles. The van der Waals surface area contributed by atoms with Crippen LogP contribution in [-0.2, 0) is 22.4 Å². The summed E-state index contributed by atoms with van der Waals surface area (Å²) < 4.78 is 0. The molecule has 6 aromatic rings. The summed E-state index contributed by atoms with van der Waals surface area (Å²) in [6.07, 6.45) is 0.312. The van der Waals surface area contributed by atoms with Crippen molar-refractivity contribution in [3.05, 3.63) is 108 Å². The number of aliphatic carboxylic acids is 2. The lowest BCUT2D eigenvalue weighted by molar-refractivity contribution is -0.383. The lowest BCUT2D eigenvalue weighted by Crippen LogP contribution is -2.32. The second-order valence-electron chi connectivity index (χ2n) is 11.1. The number of nitro benzene ring substituents is 1. The van der Waals surface area contributed by atoms with Crippen LogP contribution in [0.15, 0.2) is 54.6 Å². The van der Waals surface area contributed by atoms with Crippen molar-refractivity contribution in [2.45, 2.75) is 45.7 Å². The van der Waals surface area contributed by atoms with Crippen molar-refractivity contribution in [1.29, 1.82) is 0 Å². The Kier molecular flexibility index (Phi) is 11.4. The zero-order valence-electron chi connectivity index (χ0n) is 26.0. The number of nitro groups is 1. The van der Waals surface area contributed by atoms with E-state index < -0.39 is 28.9 Å². The molecule has 252 valence electrons. The van der Waals surface area contributed by atoms with Gasteiger partial charge in [-0.05, 0) is 68.3 Å². The van der Waals surface area contributed by atoms with E-state index in [0.717, 1.165) is 43.8 Å². The summed E-state index contributed by atoms with van der Waals surface area (Å²) in [5, 5.41) is 32.9. The van der Waals surface area contributed by atoms with Crippen LogP contribution in [0.25, 0.3) is 32.7 Å². The van der Waals surface area contributed by atoms with Gasteiger partial charge in [-0.2, -0.15) is 0 Å². The van der Waals surface area contributed by atoms with Gasteiger partial charge >= 0.3 is 11.9 Å². The number of aromatic nitrogens is 3. The van der Waals surface area contributed by atoms with Gasteiger partial charge in [-0.3, -0.25) is 19.7 Å². The molecule has 12 nitrogen and oxygen atoms in total. The van der Waals surface area contributed by atoms with Crippen molar-refractivity contribution >= 4 is 85.1 Å². The Morgan fingerprint density at radius 2 is 1.29 bits per heavy atom. The number of carbonyl (C=O) groups is 2. The number of nitrogens with zero attached hydrogens (tertiary/aromatic N) is 1. The van der Waals surface area contributed by atoms with Crippen molar-refractivity contribution in [2.24, 2.45) is 11.5 Å². The minimum absolute atomic E-state index is 0.0437. The molecule has 0 radical (unpaired) electrons. The van der Waals surface area contributed by atoms with Gasteiger partial charge in [0, 0.05) is 68.2 Å². The maximum Gasteiger partial charge on any atom is 0.320 e. The molecule has 3 aromatic carbocycles. The highest BCUT2D eigenvalue weighted by molar-refractivity contribution is 6.36. The first-order valence-electron chi connectivity index (χ1n) is 14.5. The number of rotatable bonds is 7. The molecule has 0 spiro atoms. The van der Waals surface area contributed by atoms with Gasteiger partial charge in [-0.15, -0.1) is 0 Å². The second kappa shape index (κ2) is 15.1. The molecule has 2 atom stereocenters. The molecule has 0 bridgehead atoms. The fourth-order valence-corrected chi connectivity index (χ4v) is 6.16. The zero-order valence-corrected chi connectivity index (χ0v) is 28.3. The molecule has 0 aliphatic carbocycles. The minimum Gasteiger partial charge on any atom is -0.480 e. The monoisotopic (exact) mass is 714 g/mol. The van der Waals surface area contributed by atoms with Crippen LogP contribution in [0.2, 0.25) is 15.1 Å². The van der Waals surface area contributed by atoms with Gasteiger partial charge in [0.15, 0.2) is 0 Å². The SMILES string of the molecule is Cc1[nH]c2c([N+](=O)[O-])ccc(Cl)c2c1CC(N)C(=O)O.Cc1[nH]c2cccc(Cl)c2c1CC(N)C(=O)O.Cc1cc2c(Cl)cccc2[nH]1. The Bertz CT molecular complexity index is 2150. The first kappa shape index (κ1) is 36.2. The Hall–Kier alpha value is -4.59. The fraction of sp³-hybridized carbons (Fsp3) is 0.212. The van der Waals surface area contributed by atoms with Crippen molar-refractivity contribution < 1.29 is 24.7 Å². The topological polar surface area (TPSA) is 217 Å². The maximum absolute atomic E-state index is 11.0. The van der Waals surface area contributed by atoms with E-state index in [1.54, 1.807) is 13.0 Å². The third kappa shape index (κ3) is 7.92. The second-order valence-corrected chi connectivity index (χ2v) is 12.4. The number of non-ortho nitro benzene ring substituents is 1. The van der Waals surface area contributed by atoms with Crippen molar-refractivity contribution in [3.63, 3.8) is 0 Å². The molecule has 6 rings (SSSR count). The van der Waals surface area contributed by atoms with Crippen LogP contribution in [0.5, 0.6) is 0 Å².